The van der Waals surface area contributed by atoms with Gasteiger partial charge in [0.1, 0.15) is 5.75 Å². The maximum atomic E-state index is 12.6. The van der Waals surface area contributed by atoms with Gasteiger partial charge in [0.05, 0.1) is 31.5 Å². The largest absolute Gasteiger partial charge is 0.495 e. The number of benzene rings is 2. The van der Waals surface area contributed by atoms with Crippen molar-refractivity contribution < 1.29 is 19.0 Å². The molecule has 0 spiro atoms. The second-order valence-corrected chi connectivity index (χ2v) is 5.98. The summed E-state index contributed by atoms with van der Waals surface area (Å²) < 4.78 is 16.1. The van der Waals surface area contributed by atoms with Gasteiger partial charge in [-0.2, -0.15) is 0 Å². The molecule has 7 heteroatoms. The molecule has 0 fully saturated rings. The number of rotatable bonds is 7. The number of hydrogen-bond donors (Lipinski definition) is 1. The maximum absolute atomic E-state index is 12.6. The van der Waals surface area contributed by atoms with Gasteiger partial charge in [0.25, 0.3) is 5.91 Å². The van der Waals surface area contributed by atoms with E-state index in [9.17, 15) is 4.79 Å². The van der Waals surface area contributed by atoms with Gasteiger partial charge in [-0.05, 0) is 36.8 Å². The van der Waals surface area contributed by atoms with Gasteiger partial charge in [0, 0.05) is 10.6 Å². The number of ether oxygens (including phenoxy) is 3. The van der Waals surface area contributed by atoms with Crippen LogP contribution in [0, 0.1) is 0 Å². The van der Waals surface area contributed by atoms with Crippen molar-refractivity contribution in [1.29, 1.82) is 0 Å². The van der Waals surface area contributed by atoms with Crippen LogP contribution >= 0.6 is 23.2 Å². The molecule has 1 amide bonds. The summed E-state index contributed by atoms with van der Waals surface area (Å²) in [5, 5.41) is 3.54. The molecular weight excluding hydrogens is 365 g/mol. The van der Waals surface area contributed by atoms with Gasteiger partial charge in [-0.15, -0.1) is 0 Å². The number of halogens is 2. The fourth-order valence-electron chi connectivity index (χ4n) is 2.17. The predicted octanol–water partition coefficient (Wildman–Crippen LogP) is 5.05. The minimum absolute atomic E-state index is 0.302. The third kappa shape index (κ3) is 4.71. The zero-order valence-electron chi connectivity index (χ0n) is 14.2. The monoisotopic (exact) mass is 383 g/mol. The molecule has 2 rings (SSSR count). The smallest absolute Gasteiger partial charge is 0.255 e. The van der Waals surface area contributed by atoms with Crippen LogP contribution in [0.15, 0.2) is 30.3 Å². The van der Waals surface area contributed by atoms with Gasteiger partial charge in [-0.25, -0.2) is 0 Å². The molecule has 0 aliphatic heterocycles. The van der Waals surface area contributed by atoms with Crippen LogP contribution in [0.25, 0.3) is 0 Å². The fraction of sp³-hybridized carbons (Fsp3) is 0.278. The lowest BCUT2D eigenvalue weighted by Gasteiger charge is -2.14. The highest BCUT2D eigenvalue weighted by Crippen LogP contribution is 2.37. The molecule has 0 unspecified atom stereocenters. The highest BCUT2D eigenvalue weighted by atomic mass is 35.5. The molecule has 134 valence electrons. The van der Waals surface area contributed by atoms with Gasteiger partial charge in [0.15, 0.2) is 11.5 Å². The number of hydrogen-bond acceptors (Lipinski definition) is 4. The van der Waals surface area contributed by atoms with Gasteiger partial charge in [-0.1, -0.05) is 30.1 Å². The van der Waals surface area contributed by atoms with E-state index in [-0.39, 0.29) is 5.91 Å². The molecule has 0 saturated carbocycles. The van der Waals surface area contributed by atoms with Crippen molar-refractivity contribution in [2.24, 2.45) is 0 Å². The maximum Gasteiger partial charge on any atom is 0.255 e. The number of nitrogens with one attached hydrogen (secondary N) is 1. The molecular formula is C18H19Cl2NO4. The second kappa shape index (κ2) is 8.83. The Hall–Kier alpha value is -2.11. The molecule has 2 aromatic rings. The van der Waals surface area contributed by atoms with Crippen LogP contribution in [-0.4, -0.2) is 26.7 Å². The standard InChI is InChI=1S/C18H19Cl2NO4/c1-4-7-25-17-13(20)8-11(9-16(17)24-3)18(22)21-14-10-12(19)5-6-15(14)23-2/h5-6,8-10H,4,7H2,1-3H3,(H,21,22). The Morgan fingerprint density at radius 3 is 2.44 bits per heavy atom. The predicted molar refractivity (Wildman–Crippen MR) is 99.7 cm³/mol. The van der Waals surface area contributed by atoms with E-state index in [1.54, 1.807) is 24.3 Å². The Balaban J connectivity index is 2.31. The van der Waals surface area contributed by atoms with Gasteiger partial charge in [-0.3, -0.25) is 4.79 Å². The van der Waals surface area contributed by atoms with Crippen molar-refractivity contribution in [2.45, 2.75) is 13.3 Å². The molecule has 5 nitrogen and oxygen atoms in total. The number of methoxy groups -OCH3 is 2. The van der Waals surface area contributed by atoms with Crippen molar-refractivity contribution in [3.8, 4) is 17.2 Å². The fourth-order valence-corrected chi connectivity index (χ4v) is 2.60. The van der Waals surface area contributed by atoms with E-state index in [0.717, 1.165) is 6.42 Å². The van der Waals surface area contributed by atoms with E-state index in [1.807, 2.05) is 6.92 Å². The third-order valence-corrected chi connectivity index (χ3v) is 3.87. The molecule has 2 aromatic carbocycles. The molecule has 25 heavy (non-hydrogen) atoms. The summed E-state index contributed by atoms with van der Waals surface area (Å²) in [6, 6.07) is 8.06. The average molecular weight is 384 g/mol. The van der Waals surface area contributed by atoms with Crippen LogP contribution in [-0.2, 0) is 0 Å². The highest BCUT2D eigenvalue weighted by Gasteiger charge is 2.17. The van der Waals surface area contributed by atoms with E-state index in [1.165, 1.54) is 20.3 Å². The van der Waals surface area contributed by atoms with E-state index in [4.69, 9.17) is 37.4 Å². The molecule has 0 bridgehead atoms. The molecule has 0 aromatic heterocycles. The van der Waals surface area contributed by atoms with Crippen molar-refractivity contribution >= 4 is 34.8 Å². The van der Waals surface area contributed by atoms with Gasteiger partial charge in [0.2, 0.25) is 0 Å². The topological polar surface area (TPSA) is 56.8 Å². The second-order valence-electron chi connectivity index (χ2n) is 5.14. The van der Waals surface area contributed by atoms with Crippen LogP contribution in [0.1, 0.15) is 23.7 Å². The normalized spacial score (nSPS) is 10.3. The van der Waals surface area contributed by atoms with E-state index in [0.29, 0.717) is 45.2 Å². The number of amides is 1. The Morgan fingerprint density at radius 2 is 1.80 bits per heavy atom. The lowest BCUT2D eigenvalue weighted by molar-refractivity contribution is 0.102. The zero-order chi connectivity index (χ0) is 18.4. The quantitative estimate of drug-likeness (QED) is 0.726. The van der Waals surface area contributed by atoms with Crippen LogP contribution in [0.5, 0.6) is 17.2 Å². The van der Waals surface area contributed by atoms with E-state index < -0.39 is 0 Å². The number of anilines is 1. The first-order valence-corrected chi connectivity index (χ1v) is 8.41. The summed E-state index contributed by atoms with van der Waals surface area (Å²) in [6.07, 6.45) is 0.830. The Kier molecular flexibility index (Phi) is 6.79. The number of carbonyl (C=O) groups excluding carboxylic acids is 1. The van der Waals surface area contributed by atoms with Crippen LogP contribution < -0.4 is 19.5 Å². The summed E-state index contributed by atoms with van der Waals surface area (Å²) in [4.78, 5) is 12.6. The van der Waals surface area contributed by atoms with Crippen molar-refractivity contribution in [1.82, 2.24) is 0 Å². The molecule has 1 N–H and O–H groups in total. The first-order valence-electron chi connectivity index (χ1n) is 7.65. The molecule has 0 atom stereocenters. The Labute approximate surface area is 156 Å². The lowest BCUT2D eigenvalue weighted by atomic mass is 10.1. The first-order chi connectivity index (χ1) is 12.0. The van der Waals surface area contributed by atoms with Crippen molar-refractivity contribution in [3.63, 3.8) is 0 Å². The van der Waals surface area contributed by atoms with Crippen LogP contribution in [0.3, 0.4) is 0 Å². The van der Waals surface area contributed by atoms with Gasteiger partial charge >= 0.3 is 0 Å². The summed E-state index contributed by atoms with van der Waals surface area (Å²) in [7, 11) is 3.00. The molecule has 0 heterocycles. The summed E-state index contributed by atoms with van der Waals surface area (Å²) >= 11 is 12.2. The summed E-state index contributed by atoms with van der Waals surface area (Å²) in [6.45, 7) is 2.49. The first kappa shape index (κ1) is 19.2. The minimum atomic E-state index is -0.372. The lowest BCUT2D eigenvalue weighted by Crippen LogP contribution is -2.13. The molecule has 0 saturated heterocycles. The summed E-state index contributed by atoms with van der Waals surface area (Å²) in [5.74, 6) is 0.939. The summed E-state index contributed by atoms with van der Waals surface area (Å²) in [5.41, 5.74) is 0.786. The molecule has 0 aliphatic carbocycles. The van der Waals surface area contributed by atoms with E-state index >= 15 is 0 Å². The molecule has 0 radical (unpaired) electrons. The van der Waals surface area contributed by atoms with Crippen molar-refractivity contribution in [2.75, 3.05) is 26.1 Å². The average Bonchev–Trinajstić information content (AvgIpc) is 2.60. The minimum Gasteiger partial charge on any atom is -0.495 e. The van der Waals surface area contributed by atoms with Crippen LogP contribution in [0.4, 0.5) is 5.69 Å². The Bertz CT molecular complexity index is 765. The van der Waals surface area contributed by atoms with Crippen molar-refractivity contribution in [3.05, 3.63) is 45.9 Å². The van der Waals surface area contributed by atoms with E-state index in [2.05, 4.69) is 5.32 Å². The van der Waals surface area contributed by atoms with Crippen LogP contribution in [0.2, 0.25) is 10.0 Å². The molecule has 0 aliphatic rings. The number of carbonyl (C=O) groups is 1. The Morgan fingerprint density at radius 1 is 1.08 bits per heavy atom. The highest BCUT2D eigenvalue weighted by molar-refractivity contribution is 6.33. The zero-order valence-corrected chi connectivity index (χ0v) is 15.7. The van der Waals surface area contributed by atoms with Gasteiger partial charge < -0.3 is 19.5 Å². The third-order valence-electron chi connectivity index (χ3n) is 3.35. The SMILES string of the molecule is CCCOc1c(Cl)cc(C(=O)Nc2cc(Cl)ccc2OC)cc1OC.